The van der Waals surface area contributed by atoms with Gasteiger partial charge in [0, 0.05) is 14.1 Å². The van der Waals surface area contributed by atoms with Crippen LogP contribution in [0.25, 0.3) is 0 Å². The van der Waals surface area contributed by atoms with Crippen LogP contribution in [0.15, 0.2) is 18.2 Å². The molecule has 6 heteroatoms. The molecule has 1 aromatic carbocycles. The van der Waals surface area contributed by atoms with Gasteiger partial charge in [0.1, 0.15) is 5.75 Å². The smallest absolute Gasteiger partial charge is 0.301 e. The van der Waals surface area contributed by atoms with E-state index in [0.717, 1.165) is 9.87 Å². The summed E-state index contributed by atoms with van der Waals surface area (Å²) in [5.41, 5.74) is 1.54. The Morgan fingerprint density at radius 1 is 1.28 bits per heavy atom. The van der Waals surface area contributed by atoms with Gasteiger partial charge in [0.05, 0.1) is 12.8 Å². The number of nitrogens with zero attached hydrogens (tertiary/aromatic N) is 1. The molecule has 0 aromatic heterocycles. The van der Waals surface area contributed by atoms with Crippen LogP contribution in [0.1, 0.15) is 25.3 Å². The Kier molecular flexibility index (Phi) is 4.59. The van der Waals surface area contributed by atoms with Crippen LogP contribution in [-0.4, -0.2) is 33.9 Å². The van der Waals surface area contributed by atoms with Crippen molar-refractivity contribution < 1.29 is 13.2 Å². The molecule has 102 valence electrons. The molecule has 0 aliphatic rings. The molecule has 0 bridgehead atoms. The minimum atomic E-state index is -3.51. The van der Waals surface area contributed by atoms with E-state index in [1.54, 1.807) is 6.07 Å². The summed E-state index contributed by atoms with van der Waals surface area (Å²) in [6, 6.07) is 5.45. The molecule has 0 radical (unpaired) electrons. The fraction of sp³-hybridized carbons (Fsp3) is 0.500. The van der Waals surface area contributed by atoms with E-state index in [0.29, 0.717) is 17.4 Å². The van der Waals surface area contributed by atoms with Gasteiger partial charge in [-0.25, -0.2) is 0 Å². The van der Waals surface area contributed by atoms with Crippen LogP contribution in [0.3, 0.4) is 0 Å². The first kappa shape index (κ1) is 14.8. The fourth-order valence-electron chi connectivity index (χ4n) is 1.38. The highest BCUT2D eigenvalue weighted by molar-refractivity contribution is 7.90. The van der Waals surface area contributed by atoms with Crippen LogP contribution in [-0.2, 0) is 10.2 Å². The molecule has 18 heavy (non-hydrogen) atoms. The lowest BCUT2D eigenvalue weighted by Crippen LogP contribution is -2.29. The predicted molar refractivity (Wildman–Crippen MR) is 73.3 cm³/mol. The van der Waals surface area contributed by atoms with E-state index in [1.165, 1.54) is 21.2 Å². The molecular formula is C12H20N2O3S. The van der Waals surface area contributed by atoms with E-state index in [2.05, 4.69) is 18.6 Å². The lowest BCUT2D eigenvalue weighted by atomic mass is 10.0. The summed E-state index contributed by atoms with van der Waals surface area (Å²) in [5.74, 6) is 0.880. The average molecular weight is 272 g/mol. The van der Waals surface area contributed by atoms with Crippen LogP contribution in [0, 0.1) is 0 Å². The van der Waals surface area contributed by atoms with Crippen LogP contribution >= 0.6 is 0 Å². The van der Waals surface area contributed by atoms with E-state index < -0.39 is 10.2 Å². The van der Waals surface area contributed by atoms with Gasteiger partial charge < -0.3 is 4.74 Å². The molecule has 0 saturated carbocycles. The third-order valence-electron chi connectivity index (χ3n) is 2.61. The van der Waals surface area contributed by atoms with Gasteiger partial charge in [-0.05, 0) is 23.6 Å². The lowest BCUT2D eigenvalue weighted by molar-refractivity contribution is 0.416. The van der Waals surface area contributed by atoms with Crippen molar-refractivity contribution in [1.82, 2.24) is 4.31 Å². The first-order chi connectivity index (χ1) is 8.27. The number of benzene rings is 1. The molecule has 0 aliphatic carbocycles. The maximum atomic E-state index is 11.7. The van der Waals surface area contributed by atoms with Crippen LogP contribution in [0.4, 0.5) is 5.69 Å². The Morgan fingerprint density at radius 3 is 2.33 bits per heavy atom. The van der Waals surface area contributed by atoms with Crippen molar-refractivity contribution >= 4 is 15.9 Å². The summed E-state index contributed by atoms with van der Waals surface area (Å²) in [6.07, 6.45) is 0. The molecule has 5 nitrogen and oxygen atoms in total. The van der Waals surface area contributed by atoms with Gasteiger partial charge >= 0.3 is 10.2 Å². The summed E-state index contributed by atoms with van der Waals surface area (Å²) < 4.78 is 32.3. The Bertz CT molecular complexity index is 510. The first-order valence-corrected chi connectivity index (χ1v) is 7.10. The summed E-state index contributed by atoms with van der Waals surface area (Å²) >= 11 is 0. The van der Waals surface area contributed by atoms with Gasteiger partial charge in [-0.15, -0.1) is 0 Å². The Hall–Kier alpha value is -1.27. The predicted octanol–water partition coefficient (Wildman–Crippen LogP) is 2.04. The fourth-order valence-corrected chi connectivity index (χ4v) is 2.01. The third-order valence-corrected chi connectivity index (χ3v) is 4.05. The highest BCUT2D eigenvalue weighted by Gasteiger charge is 2.16. The van der Waals surface area contributed by atoms with E-state index in [-0.39, 0.29) is 0 Å². The SMILES string of the molecule is COc1cc(C(C)C)ccc1NS(=O)(=O)N(C)C. The molecule has 1 N–H and O–H groups in total. The normalized spacial score (nSPS) is 11.9. The van der Waals surface area contributed by atoms with Crippen molar-refractivity contribution in [3.05, 3.63) is 23.8 Å². The number of hydrogen-bond donors (Lipinski definition) is 1. The zero-order chi connectivity index (χ0) is 13.9. The number of rotatable bonds is 5. The maximum absolute atomic E-state index is 11.7. The van der Waals surface area contributed by atoms with Crippen molar-refractivity contribution in [3.8, 4) is 5.75 Å². The van der Waals surface area contributed by atoms with E-state index in [4.69, 9.17) is 4.74 Å². The molecule has 1 aromatic rings. The topological polar surface area (TPSA) is 58.6 Å². The Labute approximate surface area is 109 Å². The van der Waals surface area contributed by atoms with Gasteiger partial charge in [-0.1, -0.05) is 19.9 Å². The second kappa shape index (κ2) is 5.58. The standard InChI is InChI=1S/C12H20N2O3S/c1-9(2)10-6-7-11(12(8-10)17-5)13-18(15,16)14(3)4/h6-9,13H,1-5H3. The zero-order valence-electron chi connectivity index (χ0n) is 11.4. The van der Waals surface area contributed by atoms with Crippen molar-refractivity contribution in [3.63, 3.8) is 0 Å². The van der Waals surface area contributed by atoms with Gasteiger partial charge in [-0.3, -0.25) is 4.72 Å². The number of nitrogens with one attached hydrogen (secondary N) is 1. The quantitative estimate of drug-likeness (QED) is 0.892. The molecule has 0 aliphatic heterocycles. The zero-order valence-corrected chi connectivity index (χ0v) is 12.2. The maximum Gasteiger partial charge on any atom is 0.301 e. The summed E-state index contributed by atoms with van der Waals surface area (Å²) in [6.45, 7) is 4.14. The van der Waals surface area contributed by atoms with Crippen LogP contribution in [0.5, 0.6) is 5.75 Å². The molecule has 0 fully saturated rings. The van der Waals surface area contributed by atoms with Crippen molar-refractivity contribution in [2.24, 2.45) is 0 Å². The third kappa shape index (κ3) is 3.36. The molecule has 0 saturated heterocycles. The number of hydrogen-bond acceptors (Lipinski definition) is 3. The Balaban J connectivity index is 3.11. The lowest BCUT2D eigenvalue weighted by Gasteiger charge is -2.17. The molecule has 0 spiro atoms. The van der Waals surface area contributed by atoms with E-state index in [1.807, 2.05) is 12.1 Å². The molecule has 0 amide bonds. The minimum absolute atomic E-state index is 0.360. The second-order valence-electron chi connectivity index (χ2n) is 4.50. The summed E-state index contributed by atoms with van der Waals surface area (Å²) in [4.78, 5) is 0. The van der Waals surface area contributed by atoms with Crippen molar-refractivity contribution in [2.75, 3.05) is 25.9 Å². The summed E-state index contributed by atoms with van der Waals surface area (Å²) in [7, 11) is 0.946. The van der Waals surface area contributed by atoms with Gasteiger partial charge in [-0.2, -0.15) is 12.7 Å². The molecular weight excluding hydrogens is 252 g/mol. The average Bonchev–Trinajstić information content (AvgIpc) is 2.28. The highest BCUT2D eigenvalue weighted by atomic mass is 32.2. The first-order valence-electron chi connectivity index (χ1n) is 5.66. The van der Waals surface area contributed by atoms with Crippen LogP contribution in [0.2, 0.25) is 0 Å². The Morgan fingerprint density at radius 2 is 1.89 bits per heavy atom. The highest BCUT2D eigenvalue weighted by Crippen LogP contribution is 2.29. The van der Waals surface area contributed by atoms with Crippen molar-refractivity contribution in [1.29, 1.82) is 0 Å². The second-order valence-corrected chi connectivity index (χ2v) is 6.39. The molecule has 0 unspecified atom stereocenters. The monoisotopic (exact) mass is 272 g/mol. The van der Waals surface area contributed by atoms with Crippen molar-refractivity contribution in [2.45, 2.75) is 19.8 Å². The van der Waals surface area contributed by atoms with Gasteiger partial charge in [0.15, 0.2) is 0 Å². The van der Waals surface area contributed by atoms with Gasteiger partial charge in [0.25, 0.3) is 0 Å². The minimum Gasteiger partial charge on any atom is -0.495 e. The van der Waals surface area contributed by atoms with Crippen LogP contribution < -0.4 is 9.46 Å². The van der Waals surface area contributed by atoms with E-state index >= 15 is 0 Å². The molecule has 0 atom stereocenters. The van der Waals surface area contributed by atoms with E-state index in [9.17, 15) is 8.42 Å². The number of ether oxygens (including phenoxy) is 1. The number of methoxy groups -OCH3 is 1. The van der Waals surface area contributed by atoms with Gasteiger partial charge in [0.2, 0.25) is 0 Å². The summed E-state index contributed by atoms with van der Waals surface area (Å²) in [5, 5.41) is 0. The molecule has 1 rings (SSSR count). The largest absolute Gasteiger partial charge is 0.495 e. The molecule has 0 heterocycles. The number of anilines is 1.